The molecule has 2 heterocycles. The third-order valence-electron chi connectivity index (χ3n) is 3.94. The lowest BCUT2D eigenvalue weighted by molar-refractivity contribution is -0.154. The number of rotatable bonds is 2. The Morgan fingerprint density at radius 3 is 3.06 bits per heavy atom. The van der Waals surface area contributed by atoms with Gasteiger partial charge in [0.25, 0.3) is 0 Å². The number of fused-ring (bicyclic) bond motifs is 1. The van der Waals surface area contributed by atoms with E-state index in [-0.39, 0.29) is 29.2 Å². The molecule has 1 saturated carbocycles. The number of carbonyl (C=O) groups excluding carboxylic acids is 1. The predicted octanol–water partition coefficient (Wildman–Crippen LogP) is 1.66. The fourth-order valence-electron chi connectivity index (χ4n) is 3.04. The SMILES string of the molecule is COC(=O)C1C2CC1(c1cccc(F)c1)CO2. The van der Waals surface area contributed by atoms with Gasteiger partial charge in [-0.1, -0.05) is 12.1 Å². The Labute approximate surface area is 98.5 Å². The topological polar surface area (TPSA) is 35.5 Å². The van der Waals surface area contributed by atoms with Crippen LogP contribution in [-0.2, 0) is 19.7 Å². The molecule has 0 aromatic heterocycles. The van der Waals surface area contributed by atoms with Gasteiger partial charge in [-0.3, -0.25) is 4.79 Å². The lowest BCUT2D eigenvalue weighted by Gasteiger charge is -2.43. The summed E-state index contributed by atoms with van der Waals surface area (Å²) in [6, 6.07) is 6.41. The summed E-state index contributed by atoms with van der Waals surface area (Å²) >= 11 is 0. The minimum absolute atomic E-state index is 0.0642. The van der Waals surface area contributed by atoms with Gasteiger partial charge in [0.05, 0.1) is 25.7 Å². The highest BCUT2D eigenvalue weighted by Crippen LogP contribution is 2.56. The molecule has 3 fully saturated rings. The van der Waals surface area contributed by atoms with Gasteiger partial charge in [-0.05, 0) is 24.1 Å². The summed E-state index contributed by atoms with van der Waals surface area (Å²) in [5, 5.41) is 0. The van der Waals surface area contributed by atoms with Crippen LogP contribution in [0.3, 0.4) is 0 Å². The number of halogens is 1. The molecule has 4 heteroatoms. The van der Waals surface area contributed by atoms with E-state index in [0.29, 0.717) is 6.61 Å². The number of benzene rings is 1. The number of carbonyl (C=O) groups is 1. The Morgan fingerprint density at radius 1 is 1.59 bits per heavy atom. The van der Waals surface area contributed by atoms with Crippen molar-refractivity contribution in [1.29, 1.82) is 0 Å². The van der Waals surface area contributed by atoms with E-state index in [4.69, 9.17) is 9.47 Å². The molecule has 1 aromatic rings. The van der Waals surface area contributed by atoms with Gasteiger partial charge in [-0.25, -0.2) is 4.39 Å². The fraction of sp³-hybridized carbons (Fsp3) is 0.462. The molecule has 3 unspecified atom stereocenters. The van der Waals surface area contributed by atoms with Gasteiger partial charge in [-0.15, -0.1) is 0 Å². The highest BCUT2D eigenvalue weighted by molar-refractivity contribution is 5.78. The fourth-order valence-corrected chi connectivity index (χ4v) is 3.04. The lowest BCUT2D eigenvalue weighted by Crippen LogP contribution is -2.52. The van der Waals surface area contributed by atoms with Gasteiger partial charge in [0.1, 0.15) is 5.82 Å². The van der Waals surface area contributed by atoms with Crippen molar-refractivity contribution in [2.24, 2.45) is 5.92 Å². The smallest absolute Gasteiger partial charge is 0.312 e. The Hall–Kier alpha value is -1.42. The average Bonchev–Trinajstić information content (AvgIpc) is 2.88. The Kier molecular flexibility index (Phi) is 2.23. The van der Waals surface area contributed by atoms with Crippen LogP contribution in [0.15, 0.2) is 24.3 Å². The van der Waals surface area contributed by atoms with Crippen molar-refractivity contribution >= 4 is 5.97 Å². The van der Waals surface area contributed by atoms with Gasteiger partial charge in [0.15, 0.2) is 0 Å². The number of esters is 1. The number of ether oxygens (including phenoxy) is 2. The van der Waals surface area contributed by atoms with E-state index in [1.165, 1.54) is 19.2 Å². The second-order valence-electron chi connectivity index (χ2n) is 4.72. The first-order valence-electron chi connectivity index (χ1n) is 5.63. The molecule has 1 aromatic carbocycles. The molecule has 3 atom stereocenters. The Morgan fingerprint density at radius 2 is 2.41 bits per heavy atom. The van der Waals surface area contributed by atoms with Crippen molar-refractivity contribution in [1.82, 2.24) is 0 Å². The van der Waals surface area contributed by atoms with Crippen molar-refractivity contribution in [3.05, 3.63) is 35.6 Å². The molecule has 1 aliphatic carbocycles. The summed E-state index contributed by atoms with van der Waals surface area (Å²) in [7, 11) is 1.37. The Bertz CT molecular complexity index is 469. The standard InChI is InChI=1S/C13H13FO3/c1-16-12(15)11-10-6-13(11,7-17-10)8-3-2-4-9(14)5-8/h2-5,10-11H,6-7H2,1H3. The molecular weight excluding hydrogens is 223 g/mol. The van der Waals surface area contributed by atoms with Crippen LogP contribution in [0.1, 0.15) is 12.0 Å². The molecule has 2 bridgehead atoms. The summed E-state index contributed by atoms with van der Waals surface area (Å²) in [4.78, 5) is 11.7. The van der Waals surface area contributed by atoms with Gasteiger partial charge in [-0.2, -0.15) is 0 Å². The van der Waals surface area contributed by atoms with Crippen LogP contribution in [0.25, 0.3) is 0 Å². The second kappa shape index (κ2) is 3.53. The monoisotopic (exact) mass is 236 g/mol. The van der Waals surface area contributed by atoms with Crippen molar-refractivity contribution in [2.45, 2.75) is 17.9 Å². The second-order valence-corrected chi connectivity index (χ2v) is 4.72. The van der Waals surface area contributed by atoms with E-state index < -0.39 is 0 Å². The molecule has 2 saturated heterocycles. The molecular formula is C13H13FO3. The van der Waals surface area contributed by atoms with E-state index in [2.05, 4.69) is 0 Å². The molecule has 0 N–H and O–H groups in total. The van der Waals surface area contributed by atoms with E-state index in [1.54, 1.807) is 6.07 Å². The highest BCUT2D eigenvalue weighted by Gasteiger charge is 2.65. The molecule has 2 aliphatic heterocycles. The van der Waals surface area contributed by atoms with Crippen LogP contribution in [0.4, 0.5) is 4.39 Å². The normalized spacial score (nSPS) is 34.2. The van der Waals surface area contributed by atoms with Gasteiger partial charge in [0, 0.05) is 5.41 Å². The van der Waals surface area contributed by atoms with Crippen molar-refractivity contribution in [2.75, 3.05) is 13.7 Å². The molecule has 90 valence electrons. The summed E-state index contributed by atoms with van der Waals surface area (Å²) in [5.74, 6) is -0.826. The molecule has 3 aliphatic rings. The maximum atomic E-state index is 13.3. The predicted molar refractivity (Wildman–Crippen MR) is 57.9 cm³/mol. The molecule has 4 rings (SSSR count). The van der Waals surface area contributed by atoms with Crippen LogP contribution >= 0.6 is 0 Å². The van der Waals surface area contributed by atoms with Crippen LogP contribution in [-0.4, -0.2) is 25.8 Å². The average molecular weight is 236 g/mol. The number of methoxy groups -OCH3 is 1. The third kappa shape index (κ3) is 1.33. The van der Waals surface area contributed by atoms with Gasteiger partial charge in [0.2, 0.25) is 0 Å². The summed E-state index contributed by atoms with van der Waals surface area (Å²) in [5.41, 5.74) is 0.460. The van der Waals surface area contributed by atoms with E-state index in [9.17, 15) is 9.18 Å². The first-order chi connectivity index (χ1) is 8.17. The summed E-state index contributed by atoms with van der Waals surface area (Å²) < 4.78 is 23.6. The number of hydrogen-bond acceptors (Lipinski definition) is 3. The van der Waals surface area contributed by atoms with Gasteiger partial charge < -0.3 is 9.47 Å². The maximum absolute atomic E-state index is 13.3. The van der Waals surface area contributed by atoms with E-state index >= 15 is 0 Å². The molecule has 0 radical (unpaired) electrons. The zero-order chi connectivity index (χ0) is 12.0. The first-order valence-corrected chi connectivity index (χ1v) is 5.63. The zero-order valence-corrected chi connectivity index (χ0v) is 9.48. The summed E-state index contributed by atoms with van der Waals surface area (Å²) in [6.45, 7) is 0.473. The first kappa shape index (κ1) is 10.7. The van der Waals surface area contributed by atoms with E-state index in [1.807, 2.05) is 6.07 Å². The largest absolute Gasteiger partial charge is 0.469 e. The highest BCUT2D eigenvalue weighted by atomic mass is 19.1. The maximum Gasteiger partial charge on any atom is 0.312 e. The van der Waals surface area contributed by atoms with Crippen molar-refractivity contribution in [3.8, 4) is 0 Å². The molecule has 17 heavy (non-hydrogen) atoms. The number of hydrogen-bond donors (Lipinski definition) is 0. The van der Waals surface area contributed by atoms with Crippen LogP contribution in [0.2, 0.25) is 0 Å². The lowest BCUT2D eigenvalue weighted by atomic mass is 9.57. The van der Waals surface area contributed by atoms with Crippen LogP contribution < -0.4 is 0 Å². The third-order valence-corrected chi connectivity index (χ3v) is 3.94. The van der Waals surface area contributed by atoms with Crippen molar-refractivity contribution in [3.63, 3.8) is 0 Å². The molecule has 3 nitrogen and oxygen atoms in total. The van der Waals surface area contributed by atoms with Crippen LogP contribution in [0.5, 0.6) is 0 Å². The quantitative estimate of drug-likeness (QED) is 0.732. The Balaban J connectivity index is 1.99. The minimum Gasteiger partial charge on any atom is -0.469 e. The van der Waals surface area contributed by atoms with Crippen LogP contribution in [0, 0.1) is 11.7 Å². The molecule has 0 amide bonds. The zero-order valence-electron chi connectivity index (χ0n) is 9.48. The molecule has 0 spiro atoms. The van der Waals surface area contributed by atoms with E-state index in [0.717, 1.165) is 12.0 Å². The minimum atomic E-state index is -0.375. The summed E-state index contributed by atoms with van der Waals surface area (Å²) in [6.07, 6.45) is 0.710. The van der Waals surface area contributed by atoms with Crippen molar-refractivity contribution < 1.29 is 18.7 Å². The van der Waals surface area contributed by atoms with Gasteiger partial charge >= 0.3 is 5.97 Å².